The van der Waals surface area contributed by atoms with Crippen molar-refractivity contribution in [3.8, 4) is 0 Å². The van der Waals surface area contributed by atoms with Crippen LogP contribution in [0.15, 0.2) is 53.7 Å². The first kappa shape index (κ1) is 17.4. The Balaban J connectivity index is 1.55. The van der Waals surface area contributed by atoms with Gasteiger partial charge in [-0.25, -0.2) is 18.4 Å². The molecular weight excluding hydrogens is 364 g/mol. The number of carbonyl (C=O) groups is 1. The van der Waals surface area contributed by atoms with E-state index in [0.717, 1.165) is 11.3 Å². The van der Waals surface area contributed by atoms with Gasteiger partial charge in [-0.3, -0.25) is 4.79 Å². The van der Waals surface area contributed by atoms with Crippen LogP contribution in [0.5, 0.6) is 0 Å². The predicted octanol–water partition coefficient (Wildman–Crippen LogP) is 2.03. The maximum absolute atomic E-state index is 12.2. The number of para-hydroxylation sites is 1. The second-order valence-electron chi connectivity index (χ2n) is 6.45. The van der Waals surface area contributed by atoms with Gasteiger partial charge in [-0.05, 0) is 29.8 Å². The van der Waals surface area contributed by atoms with Crippen LogP contribution in [0.3, 0.4) is 0 Å². The lowest BCUT2D eigenvalue weighted by atomic mass is 10.2. The minimum absolute atomic E-state index is 0.0740. The number of carbonyl (C=O) groups excluding carboxylic acids is 1. The summed E-state index contributed by atoms with van der Waals surface area (Å²) < 4.78 is 23.6. The summed E-state index contributed by atoms with van der Waals surface area (Å²) in [5.74, 6) is 0.621. The van der Waals surface area contributed by atoms with Crippen molar-refractivity contribution < 1.29 is 13.2 Å². The van der Waals surface area contributed by atoms with Crippen LogP contribution in [-0.2, 0) is 21.1 Å². The summed E-state index contributed by atoms with van der Waals surface area (Å²) in [5.41, 5.74) is 2.63. The van der Waals surface area contributed by atoms with Crippen LogP contribution in [0.1, 0.15) is 5.56 Å². The Morgan fingerprint density at radius 1 is 1.15 bits per heavy atom. The van der Waals surface area contributed by atoms with Crippen LogP contribution < -0.4 is 10.2 Å². The van der Waals surface area contributed by atoms with E-state index >= 15 is 0 Å². The van der Waals surface area contributed by atoms with Gasteiger partial charge in [0.05, 0.1) is 16.8 Å². The molecule has 3 aromatic rings. The molecule has 1 N–H and O–H groups in total. The molecule has 0 bridgehead atoms. The molecule has 4 rings (SSSR count). The standard InChI is InChI=1S/C19H18N4O3S/c1-27(25,26)14-6-7-16-15(11-14)19(22-12-21-16)20-8-9-23-17-5-3-2-4-13(17)10-18(23)24/h2-7,11-12H,8-10H2,1H3,(H,20,21,22). The highest BCUT2D eigenvalue weighted by molar-refractivity contribution is 7.90. The molecule has 0 saturated heterocycles. The van der Waals surface area contributed by atoms with E-state index in [0.29, 0.717) is 36.2 Å². The molecule has 2 heterocycles. The van der Waals surface area contributed by atoms with Gasteiger partial charge in [-0.2, -0.15) is 0 Å². The van der Waals surface area contributed by atoms with Crippen molar-refractivity contribution in [1.29, 1.82) is 0 Å². The number of amides is 1. The van der Waals surface area contributed by atoms with Gasteiger partial charge in [-0.15, -0.1) is 0 Å². The Bertz CT molecular complexity index is 1140. The number of sulfone groups is 1. The van der Waals surface area contributed by atoms with E-state index in [2.05, 4.69) is 15.3 Å². The molecule has 0 spiro atoms. The summed E-state index contributed by atoms with van der Waals surface area (Å²) in [6, 6.07) is 12.5. The lowest BCUT2D eigenvalue weighted by molar-refractivity contribution is -0.117. The summed E-state index contributed by atoms with van der Waals surface area (Å²) >= 11 is 0. The molecule has 1 amide bonds. The van der Waals surface area contributed by atoms with Crippen molar-refractivity contribution in [1.82, 2.24) is 9.97 Å². The molecule has 1 aromatic heterocycles. The van der Waals surface area contributed by atoms with Gasteiger partial charge in [0.1, 0.15) is 12.1 Å². The third-order valence-electron chi connectivity index (χ3n) is 4.59. The van der Waals surface area contributed by atoms with Crippen LogP contribution in [0.25, 0.3) is 10.9 Å². The highest BCUT2D eigenvalue weighted by Gasteiger charge is 2.26. The minimum atomic E-state index is -3.32. The fourth-order valence-corrected chi connectivity index (χ4v) is 3.90. The maximum atomic E-state index is 12.2. The molecule has 8 heteroatoms. The Morgan fingerprint density at radius 3 is 2.78 bits per heavy atom. The summed E-state index contributed by atoms with van der Waals surface area (Å²) in [5, 5.41) is 3.84. The van der Waals surface area contributed by atoms with E-state index in [9.17, 15) is 13.2 Å². The van der Waals surface area contributed by atoms with Crippen molar-refractivity contribution in [3.63, 3.8) is 0 Å². The predicted molar refractivity (Wildman–Crippen MR) is 104 cm³/mol. The lowest BCUT2D eigenvalue weighted by Gasteiger charge is -2.18. The van der Waals surface area contributed by atoms with Crippen molar-refractivity contribution in [2.24, 2.45) is 0 Å². The highest BCUT2D eigenvalue weighted by Crippen LogP contribution is 2.28. The van der Waals surface area contributed by atoms with Gasteiger partial charge in [0.2, 0.25) is 5.91 Å². The molecule has 2 aromatic carbocycles. The van der Waals surface area contributed by atoms with Crippen molar-refractivity contribution in [2.45, 2.75) is 11.3 Å². The number of rotatable bonds is 5. The van der Waals surface area contributed by atoms with E-state index in [1.54, 1.807) is 17.0 Å². The van der Waals surface area contributed by atoms with E-state index < -0.39 is 9.84 Å². The van der Waals surface area contributed by atoms with Crippen LogP contribution in [-0.4, -0.2) is 43.6 Å². The SMILES string of the molecule is CS(=O)(=O)c1ccc2ncnc(NCCN3C(=O)Cc4ccccc43)c2c1. The Kier molecular flexibility index (Phi) is 4.27. The Hall–Kier alpha value is -3.00. The topological polar surface area (TPSA) is 92.3 Å². The number of nitrogens with one attached hydrogen (secondary N) is 1. The van der Waals surface area contributed by atoms with E-state index in [-0.39, 0.29) is 10.8 Å². The van der Waals surface area contributed by atoms with Gasteiger partial charge in [0.15, 0.2) is 9.84 Å². The van der Waals surface area contributed by atoms with Gasteiger partial charge in [-0.1, -0.05) is 18.2 Å². The largest absolute Gasteiger partial charge is 0.368 e. The Labute approximate surface area is 157 Å². The van der Waals surface area contributed by atoms with Gasteiger partial charge in [0, 0.05) is 30.4 Å². The first-order chi connectivity index (χ1) is 12.9. The molecular formula is C19H18N4O3S. The highest BCUT2D eigenvalue weighted by atomic mass is 32.2. The van der Waals surface area contributed by atoms with E-state index in [1.807, 2.05) is 24.3 Å². The molecule has 0 aliphatic carbocycles. The summed E-state index contributed by atoms with van der Waals surface area (Å²) in [7, 11) is -3.32. The fraction of sp³-hybridized carbons (Fsp3) is 0.211. The summed E-state index contributed by atoms with van der Waals surface area (Å²) in [6.07, 6.45) is 3.02. The number of hydrogen-bond acceptors (Lipinski definition) is 6. The lowest BCUT2D eigenvalue weighted by Crippen LogP contribution is -2.31. The van der Waals surface area contributed by atoms with Gasteiger partial charge >= 0.3 is 0 Å². The fourth-order valence-electron chi connectivity index (χ4n) is 3.25. The average molecular weight is 382 g/mol. The smallest absolute Gasteiger partial charge is 0.231 e. The number of hydrogen-bond donors (Lipinski definition) is 1. The van der Waals surface area contributed by atoms with Crippen LogP contribution in [0.4, 0.5) is 11.5 Å². The quantitative estimate of drug-likeness (QED) is 0.726. The third-order valence-corrected chi connectivity index (χ3v) is 5.70. The number of benzene rings is 2. The van der Waals surface area contributed by atoms with Crippen molar-refractivity contribution in [3.05, 3.63) is 54.4 Å². The zero-order chi connectivity index (χ0) is 19.0. The molecule has 0 fully saturated rings. The monoisotopic (exact) mass is 382 g/mol. The average Bonchev–Trinajstić information content (AvgIpc) is 2.96. The Morgan fingerprint density at radius 2 is 1.96 bits per heavy atom. The molecule has 0 unspecified atom stereocenters. The van der Waals surface area contributed by atoms with E-state index in [4.69, 9.17) is 0 Å². The minimum Gasteiger partial charge on any atom is -0.368 e. The molecule has 0 atom stereocenters. The first-order valence-corrected chi connectivity index (χ1v) is 10.4. The molecule has 0 radical (unpaired) electrons. The molecule has 1 aliphatic rings. The number of nitrogens with zero attached hydrogens (tertiary/aromatic N) is 3. The summed E-state index contributed by atoms with van der Waals surface area (Å²) in [6.45, 7) is 0.975. The first-order valence-electron chi connectivity index (χ1n) is 8.50. The second kappa shape index (κ2) is 6.62. The molecule has 1 aliphatic heterocycles. The number of anilines is 2. The second-order valence-corrected chi connectivity index (χ2v) is 8.47. The van der Waals surface area contributed by atoms with Crippen molar-refractivity contribution in [2.75, 3.05) is 29.6 Å². The van der Waals surface area contributed by atoms with E-state index in [1.165, 1.54) is 18.6 Å². The van der Waals surface area contributed by atoms with Gasteiger partial charge in [0.25, 0.3) is 0 Å². The van der Waals surface area contributed by atoms with Crippen LogP contribution >= 0.6 is 0 Å². The van der Waals surface area contributed by atoms with Crippen LogP contribution in [0, 0.1) is 0 Å². The molecule has 0 saturated carbocycles. The zero-order valence-electron chi connectivity index (χ0n) is 14.7. The maximum Gasteiger partial charge on any atom is 0.231 e. The molecule has 138 valence electrons. The zero-order valence-corrected chi connectivity index (χ0v) is 15.5. The molecule has 27 heavy (non-hydrogen) atoms. The number of aromatic nitrogens is 2. The van der Waals surface area contributed by atoms with Crippen molar-refractivity contribution >= 4 is 38.2 Å². The van der Waals surface area contributed by atoms with Gasteiger partial charge < -0.3 is 10.2 Å². The normalized spacial score (nSPS) is 13.8. The summed E-state index contributed by atoms with van der Waals surface area (Å²) in [4.78, 5) is 22.6. The molecule has 7 nitrogen and oxygen atoms in total. The third kappa shape index (κ3) is 3.35. The van der Waals surface area contributed by atoms with Crippen LogP contribution in [0.2, 0.25) is 0 Å². The number of fused-ring (bicyclic) bond motifs is 2.